The maximum absolute atomic E-state index is 12.9. The molecular weight excluding hydrogens is 430 g/mol. The Hall–Kier alpha value is -4.33. The third kappa shape index (κ3) is 4.17. The summed E-state index contributed by atoms with van der Waals surface area (Å²) in [6.45, 7) is 3.91. The summed E-state index contributed by atoms with van der Waals surface area (Å²) in [5.41, 5.74) is 2.67. The van der Waals surface area contributed by atoms with Crippen LogP contribution in [0.15, 0.2) is 72.8 Å². The van der Waals surface area contributed by atoms with Gasteiger partial charge in [-0.15, -0.1) is 10.2 Å². The van der Waals surface area contributed by atoms with Crippen LogP contribution in [-0.2, 0) is 0 Å². The highest BCUT2D eigenvalue weighted by molar-refractivity contribution is 5.95. The van der Waals surface area contributed by atoms with Crippen molar-refractivity contribution >= 4 is 28.2 Å². The number of fused-ring (bicyclic) bond motifs is 1. The molecule has 1 amide bonds. The number of rotatable bonds is 4. The van der Waals surface area contributed by atoms with Crippen molar-refractivity contribution in [3.05, 3.63) is 94.0 Å². The number of hydrogen-bond acceptors (Lipinski definition) is 6. The summed E-state index contributed by atoms with van der Waals surface area (Å²) in [5, 5.41) is 22.4. The predicted molar refractivity (Wildman–Crippen MR) is 131 cm³/mol. The van der Waals surface area contributed by atoms with Crippen LogP contribution in [-0.4, -0.2) is 52.1 Å². The van der Waals surface area contributed by atoms with E-state index in [1.54, 1.807) is 24.0 Å². The van der Waals surface area contributed by atoms with Crippen LogP contribution < -0.4 is 4.90 Å². The molecule has 3 aromatic carbocycles. The standard InChI is InChI=1S/C26H23N5O3/c1-18-6-7-22(17-24(18)31(33)34)26(32)30-14-12-29(13-15-30)25-11-10-23(27-28-25)21-9-8-19-4-2-3-5-20(19)16-21/h2-11,16-17H,12-15H2,1H3. The molecule has 5 rings (SSSR count). The minimum Gasteiger partial charge on any atom is -0.352 e. The number of piperazine rings is 1. The van der Waals surface area contributed by atoms with Gasteiger partial charge in [0, 0.05) is 48.9 Å². The van der Waals surface area contributed by atoms with Gasteiger partial charge in [0.15, 0.2) is 5.82 Å². The number of aromatic nitrogens is 2. The van der Waals surface area contributed by atoms with Crippen LogP contribution in [0.5, 0.6) is 0 Å². The lowest BCUT2D eigenvalue weighted by Crippen LogP contribution is -2.49. The molecule has 0 bridgehead atoms. The third-order valence-corrected chi connectivity index (χ3v) is 6.24. The van der Waals surface area contributed by atoms with Gasteiger partial charge in [-0.1, -0.05) is 42.5 Å². The van der Waals surface area contributed by atoms with Gasteiger partial charge in [0.2, 0.25) is 0 Å². The highest BCUT2D eigenvalue weighted by atomic mass is 16.6. The van der Waals surface area contributed by atoms with E-state index in [9.17, 15) is 14.9 Å². The molecule has 0 aliphatic carbocycles. The van der Waals surface area contributed by atoms with Gasteiger partial charge in [-0.3, -0.25) is 14.9 Å². The van der Waals surface area contributed by atoms with Gasteiger partial charge in [0.1, 0.15) is 0 Å². The number of aryl methyl sites for hydroxylation is 1. The summed E-state index contributed by atoms with van der Waals surface area (Å²) in [5.74, 6) is 0.572. The van der Waals surface area contributed by atoms with E-state index < -0.39 is 4.92 Å². The molecule has 1 fully saturated rings. The predicted octanol–water partition coefficient (Wildman–Crippen LogP) is 4.48. The van der Waals surface area contributed by atoms with Crippen molar-refractivity contribution in [1.82, 2.24) is 15.1 Å². The number of nitro benzene ring substituents is 1. The highest BCUT2D eigenvalue weighted by Gasteiger charge is 2.24. The first-order valence-electron chi connectivity index (χ1n) is 11.1. The van der Waals surface area contributed by atoms with E-state index in [1.165, 1.54) is 11.5 Å². The van der Waals surface area contributed by atoms with Crippen LogP contribution in [0.4, 0.5) is 11.5 Å². The van der Waals surface area contributed by atoms with Crippen LogP contribution in [0.2, 0.25) is 0 Å². The van der Waals surface area contributed by atoms with Crippen LogP contribution in [0, 0.1) is 17.0 Å². The molecule has 4 aromatic rings. The van der Waals surface area contributed by atoms with Gasteiger partial charge < -0.3 is 9.80 Å². The summed E-state index contributed by atoms with van der Waals surface area (Å²) < 4.78 is 0. The quantitative estimate of drug-likeness (QED) is 0.334. The summed E-state index contributed by atoms with van der Waals surface area (Å²) >= 11 is 0. The summed E-state index contributed by atoms with van der Waals surface area (Å²) in [4.78, 5) is 27.5. The molecule has 0 spiro atoms. The molecular formula is C26H23N5O3. The van der Waals surface area contributed by atoms with Crippen LogP contribution in [0.1, 0.15) is 15.9 Å². The maximum Gasteiger partial charge on any atom is 0.273 e. The molecule has 0 atom stereocenters. The van der Waals surface area contributed by atoms with Gasteiger partial charge in [-0.2, -0.15) is 0 Å². The van der Waals surface area contributed by atoms with Crippen molar-refractivity contribution in [2.45, 2.75) is 6.92 Å². The van der Waals surface area contributed by atoms with Gasteiger partial charge in [-0.05, 0) is 42.0 Å². The van der Waals surface area contributed by atoms with Gasteiger partial charge in [0.25, 0.3) is 11.6 Å². The zero-order chi connectivity index (χ0) is 23.7. The van der Waals surface area contributed by atoms with Crippen molar-refractivity contribution in [2.24, 2.45) is 0 Å². The first kappa shape index (κ1) is 21.5. The van der Waals surface area contributed by atoms with Crippen LogP contribution in [0.25, 0.3) is 22.0 Å². The minimum absolute atomic E-state index is 0.0359. The fraction of sp³-hybridized carbons (Fsp3) is 0.192. The molecule has 2 heterocycles. The Labute approximate surface area is 196 Å². The zero-order valence-electron chi connectivity index (χ0n) is 18.7. The first-order valence-corrected chi connectivity index (χ1v) is 11.1. The molecule has 1 aliphatic heterocycles. The van der Waals surface area contributed by atoms with E-state index in [-0.39, 0.29) is 11.6 Å². The molecule has 34 heavy (non-hydrogen) atoms. The second-order valence-electron chi connectivity index (χ2n) is 8.38. The lowest BCUT2D eigenvalue weighted by molar-refractivity contribution is -0.385. The molecule has 1 saturated heterocycles. The number of anilines is 1. The Bertz CT molecular complexity index is 1380. The number of nitro groups is 1. The van der Waals surface area contributed by atoms with E-state index in [4.69, 9.17) is 0 Å². The normalized spacial score (nSPS) is 13.8. The van der Waals surface area contributed by atoms with Gasteiger partial charge in [-0.25, -0.2) is 0 Å². The Morgan fingerprint density at radius 1 is 0.882 bits per heavy atom. The van der Waals surface area contributed by atoms with Crippen molar-refractivity contribution in [2.75, 3.05) is 31.1 Å². The SMILES string of the molecule is Cc1ccc(C(=O)N2CCN(c3ccc(-c4ccc5ccccc5c4)nn3)CC2)cc1[N+](=O)[O-]. The molecule has 1 aromatic heterocycles. The average Bonchev–Trinajstić information content (AvgIpc) is 2.88. The number of nitrogens with zero attached hydrogens (tertiary/aromatic N) is 5. The Morgan fingerprint density at radius 2 is 1.65 bits per heavy atom. The monoisotopic (exact) mass is 453 g/mol. The number of carbonyl (C=O) groups excluding carboxylic acids is 1. The molecule has 170 valence electrons. The van der Waals surface area contributed by atoms with E-state index in [0.717, 1.165) is 22.5 Å². The first-order chi connectivity index (χ1) is 16.5. The highest BCUT2D eigenvalue weighted by Crippen LogP contribution is 2.25. The molecule has 0 N–H and O–H groups in total. The molecule has 0 radical (unpaired) electrons. The lowest BCUT2D eigenvalue weighted by atomic mass is 10.1. The Morgan fingerprint density at radius 3 is 2.35 bits per heavy atom. The fourth-order valence-corrected chi connectivity index (χ4v) is 4.26. The molecule has 8 heteroatoms. The van der Waals surface area contributed by atoms with E-state index in [1.807, 2.05) is 30.3 Å². The largest absolute Gasteiger partial charge is 0.352 e. The molecule has 8 nitrogen and oxygen atoms in total. The average molecular weight is 454 g/mol. The van der Waals surface area contributed by atoms with Crippen molar-refractivity contribution in [3.63, 3.8) is 0 Å². The Kier molecular flexibility index (Phi) is 5.63. The number of amides is 1. The molecule has 1 aliphatic rings. The van der Waals surface area contributed by atoms with Crippen molar-refractivity contribution < 1.29 is 9.72 Å². The molecule has 0 unspecified atom stereocenters. The van der Waals surface area contributed by atoms with Gasteiger partial charge >= 0.3 is 0 Å². The Balaban J connectivity index is 1.25. The summed E-state index contributed by atoms with van der Waals surface area (Å²) in [7, 11) is 0. The zero-order valence-corrected chi connectivity index (χ0v) is 18.7. The maximum atomic E-state index is 12.9. The fourth-order valence-electron chi connectivity index (χ4n) is 4.26. The summed E-state index contributed by atoms with van der Waals surface area (Å²) in [6, 6.07) is 23.0. The van der Waals surface area contributed by atoms with Crippen LogP contribution >= 0.6 is 0 Å². The van der Waals surface area contributed by atoms with Gasteiger partial charge in [0.05, 0.1) is 10.6 Å². The second-order valence-corrected chi connectivity index (χ2v) is 8.38. The number of carbonyl (C=O) groups is 1. The topological polar surface area (TPSA) is 92.5 Å². The minimum atomic E-state index is -0.454. The number of benzene rings is 3. The van der Waals surface area contributed by atoms with E-state index in [2.05, 4.69) is 39.4 Å². The molecule has 0 saturated carbocycles. The smallest absolute Gasteiger partial charge is 0.273 e. The van der Waals surface area contributed by atoms with Crippen LogP contribution in [0.3, 0.4) is 0 Å². The van der Waals surface area contributed by atoms with E-state index >= 15 is 0 Å². The third-order valence-electron chi connectivity index (χ3n) is 6.24. The number of hydrogen-bond donors (Lipinski definition) is 0. The van der Waals surface area contributed by atoms with E-state index in [0.29, 0.717) is 37.3 Å². The van der Waals surface area contributed by atoms with Crippen molar-refractivity contribution in [3.8, 4) is 11.3 Å². The van der Waals surface area contributed by atoms with Crippen molar-refractivity contribution in [1.29, 1.82) is 0 Å². The second kappa shape index (κ2) is 8.90. The lowest BCUT2D eigenvalue weighted by Gasteiger charge is -2.35. The summed E-state index contributed by atoms with van der Waals surface area (Å²) in [6.07, 6.45) is 0.